The first-order valence-corrected chi connectivity index (χ1v) is 11.0. The fraction of sp³-hybridized carbons (Fsp3) is 0.174. The first kappa shape index (κ1) is 20.9. The van der Waals surface area contributed by atoms with Crippen LogP contribution in [0, 0.1) is 0 Å². The van der Waals surface area contributed by atoms with Gasteiger partial charge in [0.05, 0.1) is 6.54 Å². The van der Waals surface area contributed by atoms with Gasteiger partial charge in [-0.25, -0.2) is 4.79 Å². The molecule has 1 aliphatic heterocycles. The molecule has 1 fully saturated rings. The lowest BCUT2D eigenvalue weighted by Crippen LogP contribution is -2.45. The van der Waals surface area contributed by atoms with E-state index >= 15 is 0 Å². The minimum absolute atomic E-state index is 0.112. The summed E-state index contributed by atoms with van der Waals surface area (Å²) < 4.78 is 1.83. The monoisotopic (exact) mass is 529 g/mol. The van der Waals surface area contributed by atoms with Crippen molar-refractivity contribution in [3.63, 3.8) is 0 Å². The highest BCUT2D eigenvalue weighted by atomic mass is 79.9. The van der Waals surface area contributed by atoms with Gasteiger partial charge in [0.2, 0.25) is 0 Å². The largest absolute Gasteiger partial charge is 0.378 e. The molecule has 3 aromatic carbocycles. The van der Waals surface area contributed by atoms with E-state index in [4.69, 9.17) is 0 Å². The number of aliphatic hydroxyl groups is 1. The van der Waals surface area contributed by atoms with E-state index in [1.807, 2.05) is 91.8 Å². The summed E-state index contributed by atoms with van der Waals surface area (Å²) in [6, 6.07) is 22.2. The second-order valence-corrected chi connectivity index (χ2v) is 9.25. The van der Waals surface area contributed by atoms with Crippen LogP contribution in [-0.4, -0.2) is 31.8 Å². The van der Waals surface area contributed by atoms with Gasteiger partial charge in [-0.1, -0.05) is 44.0 Å². The van der Waals surface area contributed by atoms with E-state index in [2.05, 4.69) is 31.9 Å². The van der Waals surface area contributed by atoms with Crippen LogP contribution < -0.4 is 14.7 Å². The Morgan fingerprint density at radius 2 is 1.47 bits per heavy atom. The number of hydrogen-bond donors (Lipinski definition) is 1. The molecule has 1 heterocycles. The highest BCUT2D eigenvalue weighted by molar-refractivity contribution is 9.10. The van der Waals surface area contributed by atoms with Crippen LogP contribution in [0.25, 0.3) is 0 Å². The molecule has 5 nitrogen and oxygen atoms in total. The number of benzene rings is 3. The summed E-state index contributed by atoms with van der Waals surface area (Å²) in [6.07, 6.45) is 0. The summed E-state index contributed by atoms with van der Waals surface area (Å²) in [5, 5.41) is 11.9. The molecule has 1 atom stereocenters. The molecular formula is C23H21Br2N3O2. The van der Waals surface area contributed by atoms with Crippen molar-refractivity contribution in [1.29, 1.82) is 0 Å². The van der Waals surface area contributed by atoms with Crippen molar-refractivity contribution in [2.75, 3.05) is 35.3 Å². The van der Waals surface area contributed by atoms with Gasteiger partial charge >= 0.3 is 6.03 Å². The molecule has 1 unspecified atom stereocenters. The number of carbonyl (C=O) groups is 1. The van der Waals surface area contributed by atoms with Gasteiger partial charge < -0.3 is 10.0 Å². The molecule has 3 aromatic rings. The molecule has 0 spiro atoms. The fourth-order valence-corrected chi connectivity index (χ4v) is 4.16. The Labute approximate surface area is 192 Å². The second kappa shape index (κ2) is 8.06. The molecule has 154 valence electrons. The Morgan fingerprint density at radius 3 is 2.03 bits per heavy atom. The van der Waals surface area contributed by atoms with Gasteiger partial charge in [-0.15, -0.1) is 0 Å². The first-order chi connectivity index (χ1) is 14.3. The summed E-state index contributed by atoms with van der Waals surface area (Å²) in [4.78, 5) is 18.6. The molecule has 7 heteroatoms. The van der Waals surface area contributed by atoms with Crippen LogP contribution in [0.1, 0.15) is 5.56 Å². The SMILES string of the molecule is CN(C)c1cccc(C2(O)CN(c3ccc(Br)cc3)C(=O)N2c2ccc(Br)cc2)c1. The Morgan fingerprint density at radius 1 is 0.900 bits per heavy atom. The highest BCUT2D eigenvalue weighted by Crippen LogP contribution is 2.41. The summed E-state index contributed by atoms with van der Waals surface area (Å²) in [5.74, 6) is 0. The topological polar surface area (TPSA) is 47.0 Å². The minimum atomic E-state index is -1.52. The number of amides is 2. The van der Waals surface area contributed by atoms with E-state index < -0.39 is 5.72 Å². The number of carbonyl (C=O) groups excluding carboxylic acids is 1. The molecule has 0 aromatic heterocycles. The van der Waals surface area contributed by atoms with Gasteiger partial charge in [0.15, 0.2) is 5.72 Å². The lowest BCUT2D eigenvalue weighted by Gasteiger charge is -2.33. The first-order valence-electron chi connectivity index (χ1n) is 9.43. The molecule has 30 heavy (non-hydrogen) atoms. The van der Waals surface area contributed by atoms with Gasteiger partial charge in [-0.3, -0.25) is 9.80 Å². The Balaban J connectivity index is 1.84. The molecule has 2 amide bonds. The quantitative estimate of drug-likeness (QED) is 0.479. The Kier molecular flexibility index (Phi) is 5.61. The lowest BCUT2D eigenvalue weighted by molar-refractivity contribution is 0.0656. The van der Waals surface area contributed by atoms with Crippen LogP contribution in [0.15, 0.2) is 81.7 Å². The highest BCUT2D eigenvalue weighted by Gasteiger charge is 2.51. The van der Waals surface area contributed by atoms with E-state index in [0.29, 0.717) is 11.3 Å². The fourth-order valence-electron chi connectivity index (χ4n) is 3.63. The van der Waals surface area contributed by atoms with Crippen molar-refractivity contribution in [2.24, 2.45) is 0 Å². The third-order valence-corrected chi connectivity index (χ3v) is 6.28. The molecular weight excluding hydrogens is 510 g/mol. The molecule has 1 saturated heterocycles. The van der Waals surface area contributed by atoms with Gasteiger partial charge in [-0.2, -0.15) is 0 Å². The standard InChI is InChI=1S/C23H21Br2N3O2/c1-26(2)21-5-3-4-16(14-21)23(30)15-27(19-10-6-17(24)7-11-19)22(29)28(23)20-12-8-18(25)9-13-20/h3-14,30H,15H2,1-2H3. The number of urea groups is 1. The molecule has 1 aliphatic rings. The predicted molar refractivity (Wildman–Crippen MR) is 128 cm³/mol. The number of β-amino-alcohol motifs (C(OH)–C–C–N with tert-alkyl or cyclic N) is 1. The Hall–Kier alpha value is -2.35. The zero-order valence-electron chi connectivity index (χ0n) is 16.6. The summed E-state index contributed by atoms with van der Waals surface area (Å²) in [7, 11) is 3.90. The summed E-state index contributed by atoms with van der Waals surface area (Å²) >= 11 is 6.87. The number of nitrogens with zero attached hydrogens (tertiary/aromatic N) is 3. The predicted octanol–water partition coefficient (Wildman–Crippen LogP) is 5.57. The van der Waals surface area contributed by atoms with Crippen LogP contribution in [0.4, 0.5) is 21.9 Å². The molecule has 0 radical (unpaired) electrons. The van der Waals surface area contributed by atoms with Gasteiger partial charge in [0.1, 0.15) is 0 Å². The maximum Gasteiger partial charge on any atom is 0.331 e. The number of rotatable bonds is 4. The van der Waals surface area contributed by atoms with Crippen molar-refractivity contribution in [1.82, 2.24) is 0 Å². The molecule has 0 saturated carbocycles. The molecule has 0 bridgehead atoms. The zero-order chi connectivity index (χ0) is 21.5. The minimum Gasteiger partial charge on any atom is -0.378 e. The van der Waals surface area contributed by atoms with Crippen LogP contribution in [0.3, 0.4) is 0 Å². The van der Waals surface area contributed by atoms with Crippen LogP contribution in [0.5, 0.6) is 0 Å². The average molecular weight is 531 g/mol. The summed E-state index contributed by atoms with van der Waals surface area (Å²) in [5.41, 5.74) is 1.44. The zero-order valence-corrected chi connectivity index (χ0v) is 19.8. The van der Waals surface area contributed by atoms with Crippen LogP contribution in [0.2, 0.25) is 0 Å². The number of hydrogen-bond acceptors (Lipinski definition) is 3. The average Bonchev–Trinajstić information content (AvgIpc) is 3.01. The third-order valence-electron chi connectivity index (χ3n) is 5.22. The van der Waals surface area contributed by atoms with E-state index in [-0.39, 0.29) is 12.6 Å². The van der Waals surface area contributed by atoms with Crippen molar-refractivity contribution < 1.29 is 9.90 Å². The lowest BCUT2D eigenvalue weighted by atomic mass is 10.0. The summed E-state index contributed by atoms with van der Waals surface area (Å²) in [6.45, 7) is 0.112. The van der Waals surface area contributed by atoms with E-state index in [1.165, 1.54) is 4.90 Å². The maximum atomic E-state index is 13.5. The van der Waals surface area contributed by atoms with Crippen LogP contribution >= 0.6 is 31.9 Å². The number of halogens is 2. The number of anilines is 3. The molecule has 0 aliphatic carbocycles. The van der Waals surface area contributed by atoms with Crippen molar-refractivity contribution in [3.8, 4) is 0 Å². The molecule has 4 rings (SSSR count). The van der Waals surface area contributed by atoms with Gasteiger partial charge in [-0.05, 0) is 60.7 Å². The molecule has 1 N–H and O–H groups in total. The van der Waals surface area contributed by atoms with Crippen molar-refractivity contribution >= 4 is 55.0 Å². The van der Waals surface area contributed by atoms with E-state index in [0.717, 1.165) is 20.3 Å². The van der Waals surface area contributed by atoms with Gasteiger partial charge in [0, 0.05) is 45.7 Å². The maximum absolute atomic E-state index is 13.5. The normalized spacial score (nSPS) is 18.8. The smallest absolute Gasteiger partial charge is 0.331 e. The van der Waals surface area contributed by atoms with E-state index in [1.54, 1.807) is 4.90 Å². The third kappa shape index (κ3) is 3.73. The van der Waals surface area contributed by atoms with Crippen LogP contribution in [-0.2, 0) is 5.72 Å². The van der Waals surface area contributed by atoms with E-state index in [9.17, 15) is 9.90 Å². The van der Waals surface area contributed by atoms with Crippen molar-refractivity contribution in [3.05, 3.63) is 87.3 Å². The second-order valence-electron chi connectivity index (χ2n) is 7.42. The van der Waals surface area contributed by atoms with Crippen molar-refractivity contribution in [2.45, 2.75) is 5.72 Å². The van der Waals surface area contributed by atoms with Gasteiger partial charge in [0.25, 0.3) is 0 Å². The Bertz CT molecular complexity index is 1070.